The van der Waals surface area contributed by atoms with Crippen LogP contribution < -0.4 is 10.0 Å². The summed E-state index contributed by atoms with van der Waals surface area (Å²) in [5.74, 6) is -1.44. The Bertz CT molecular complexity index is 1060. The number of nitrogens with one attached hydrogen (secondary N) is 2. The standard InChI is InChI=1S/C22H25ClFN3O5S/c23-17-5-9-20(10-6-17)33(30,31)26-13-22(29)27(14-16-3-7-18(24)8-4-16)15-21(28)25-12-19-2-1-11-32-19/h3-10,19,26H,1-2,11-15H2,(H,25,28)/t19-/m0/s1. The van der Waals surface area contributed by atoms with Crippen molar-refractivity contribution in [2.24, 2.45) is 0 Å². The van der Waals surface area contributed by atoms with E-state index in [1.807, 2.05) is 0 Å². The minimum Gasteiger partial charge on any atom is -0.376 e. The van der Waals surface area contributed by atoms with E-state index in [4.69, 9.17) is 16.3 Å². The molecule has 2 aromatic carbocycles. The maximum atomic E-state index is 13.2. The first kappa shape index (κ1) is 25.1. The maximum absolute atomic E-state index is 13.2. The number of ether oxygens (including phenoxy) is 1. The van der Waals surface area contributed by atoms with Crippen molar-refractivity contribution in [1.82, 2.24) is 14.9 Å². The van der Waals surface area contributed by atoms with Gasteiger partial charge in [-0.2, -0.15) is 0 Å². The molecule has 11 heteroatoms. The van der Waals surface area contributed by atoms with Crippen LogP contribution >= 0.6 is 11.6 Å². The van der Waals surface area contributed by atoms with Gasteiger partial charge in [0.1, 0.15) is 5.82 Å². The normalized spacial score (nSPS) is 15.9. The summed E-state index contributed by atoms with van der Waals surface area (Å²) in [6.45, 7) is 0.163. The van der Waals surface area contributed by atoms with Crippen LogP contribution in [0, 0.1) is 5.82 Å². The Morgan fingerprint density at radius 1 is 1.12 bits per heavy atom. The van der Waals surface area contributed by atoms with E-state index in [0.717, 1.165) is 12.8 Å². The van der Waals surface area contributed by atoms with E-state index >= 15 is 0 Å². The van der Waals surface area contributed by atoms with Crippen molar-refractivity contribution in [3.8, 4) is 0 Å². The molecule has 0 saturated carbocycles. The second-order valence-corrected chi connectivity index (χ2v) is 9.80. The number of hydrogen-bond donors (Lipinski definition) is 2. The zero-order valence-electron chi connectivity index (χ0n) is 17.8. The summed E-state index contributed by atoms with van der Waals surface area (Å²) < 4.78 is 45.9. The fraction of sp³-hybridized carbons (Fsp3) is 0.364. The quantitative estimate of drug-likeness (QED) is 0.523. The lowest BCUT2D eigenvalue weighted by Crippen LogP contribution is -2.45. The highest BCUT2D eigenvalue weighted by Gasteiger charge is 2.22. The third-order valence-electron chi connectivity index (χ3n) is 5.06. The third-order valence-corrected chi connectivity index (χ3v) is 6.73. The molecule has 0 aliphatic carbocycles. The van der Waals surface area contributed by atoms with Gasteiger partial charge in [0.15, 0.2) is 0 Å². The molecule has 2 amide bonds. The molecule has 2 aromatic rings. The predicted octanol–water partition coefficient (Wildman–Crippen LogP) is 2.08. The van der Waals surface area contributed by atoms with E-state index in [9.17, 15) is 22.4 Å². The first-order valence-electron chi connectivity index (χ1n) is 10.4. The summed E-state index contributed by atoms with van der Waals surface area (Å²) in [5, 5.41) is 3.12. The second-order valence-electron chi connectivity index (χ2n) is 7.59. The molecular formula is C22H25ClFN3O5S. The number of nitrogens with zero attached hydrogens (tertiary/aromatic N) is 1. The molecule has 1 atom stereocenters. The van der Waals surface area contributed by atoms with Gasteiger partial charge in [-0.25, -0.2) is 17.5 Å². The van der Waals surface area contributed by atoms with E-state index in [-0.39, 0.29) is 24.1 Å². The molecule has 0 radical (unpaired) electrons. The fourth-order valence-electron chi connectivity index (χ4n) is 3.27. The molecule has 8 nitrogen and oxygen atoms in total. The van der Waals surface area contributed by atoms with Crippen LogP contribution in [0.2, 0.25) is 5.02 Å². The van der Waals surface area contributed by atoms with Crippen LogP contribution in [0.15, 0.2) is 53.4 Å². The number of benzene rings is 2. The zero-order chi connectivity index (χ0) is 23.8. The van der Waals surface area contributed by atoms with Crippen molar-refractivity contribution < 1.29 is 27.1 Å². The van der Waals surface area contributed by atoms with Gasteiger partial charge in [-0.15, -0.1) is 0 Å². The summed E-state index contributed by atoms with van der Waals surface area (Å²) >= 11 is 5.79. The number of carbonyl (C=O) groups excluding carboxylic acids is 2. The SMILES string of the molecule is O=C(CN(Cc1ccc(F)cc1)C(=O)CNS(=O)(=O)c1ccc(Cl)cc1)NC[C@@H]1CCCO1. The Kier molecular flexibility index (Phi) is 8.79. The van der Waals surface area contributed by atoms with Gasteiger partial charge in [-0.1, -0.05) is 23.7 Å². The smallest absolute Gasteiger partial charge is 0.241 e. The van der Waals surface area contributed by atoms with Crippen LogP contribution in [0.25, 0.3) is 0 Å². The number of rotatable bonds is 10. The number of sulfonamides is 1. The lowest BCUT2D eigenvalue weighted by molar-refractivity contribution is -0.135. The number of carbonyl (C=O) groups is 2. The van der Waals surface area contributed by atoms with Gasteiger partial charge in [0, 0.05) is 24.7 Å². The Hall–Kier alpha value is -2.53. The summed E-state index contributed by atoms with van der Waals surface area (Å²) in [4.78, 5) is 26.5. The Labute approximate surface area is 197 Å². The van der Waals surface area contributed by atoms with Crippen molar-refractivity contribution in [3.63, 3.8) is 0 Å². The van der Waals surface area contributed by atoms with Gasteiger partial charge in [0.05, 0.1) is 24.1 Å². The van der Waals surface area contributed by atoms with Crippen LogP contribution in [0.1, 0.15) is 18.4 Å². The molecule has 0 unspecified atom stereocenters. The fourth-order valence-corrected chi connectivity index (χ4v) is 4.37. The number of halogens is 2. The molecule has 178 valence electrons. The first-order chi connectivity index (χ1) is 15.7. The first-order valence-corrected chi connectivity index (χ1v) is 12.2. The van der Waals surface area contributed by atoms with E-state index in [1.165, 1.54) is 53.4 Å². The monoisotopic (exact) mass is 497 g/mol. The van der Waals surface area contributed by atoms with Gasteiger partial charge in [0.2, 0.25) is 21.8 Å². The van der Waals surface area contributed by atoms with E-state index in [0.29, 0.717) is 23.7 Å². The van der Waals surface area contributed by atoms with E-state index in [1.54, 1.807) is 0 Å². The van der Waals surface area contributed by atoms with Crippen molar-refractivity contribution in [3.05, 3.63) is 64.9 Å². The molecule has 0 aromatic heterocycles. The van der Waals surface area contributed by atoms with Gasteiger partial charge >= 0.3 is 0 Å². The highest BCUT2D eigenvalue weighted by Crippen LogP contribution is 2.14. The molecule has 0 spiro atoms. The third kappa shape index (κ3) is 7.78. The molecule has 0 bridgehead atoms. The van der Waals surface area contributed by atoms with Gasteiger partial charge in [0.25, 0.3) is 0 Å². The average molecular weight is 498 g/mol. The molecule has 1 aliphatic heterocycles. The van der Waals surface area contributed by atoms with E-state index < -0.39 is 34.2 Å². The Morgan fingerprint density at radius 3 is 2.45 bits per heavy atom. The number of hydrogen-bond acceptors (Lipinski definition) is 5. The largest absolute Gasteiger partial charge is 0.376 e. The molecular weight excluding hydrogens is 473 g/mol. The minimum absolute atomic E-state index is 0.00906. The average Bonchev–Trinajstić information content (AvgIpc) is 3.31. The molecule has 1 saturated heterocycles. The summed E-state index contributed by atoms with van der Waals surface area (Å²) in [5.41, 5.74) is 0.595. The minimum atomic E-state index is -3.96. The molecule has 1 aliphatic rings. The highest BCUT2D eigenvalue weighted by molar-refractivity contribution is 7.89. The molecule has 1 heterocycles. The lowest BCUT2D eigenvalue weighted by atomic mass is 10.2. The van der Waals surface area contributed by atoms with Crippen molar-refractivity contribution in [1.29, 1.82) is 0 Å². The van der Waals surface area contributed by atoms with Gasteiger partial charge in [-0.05, 0) is 54.8 Å². The summed E-state index contributed by atoms with van der Waals surface area (Å²) in [7, 11) is -3.96. The van der Waals surface area contributed by atoms with E-state index in [2.05, 4.69) is 10.0 Å². The van der Waals surface area contributed by atoms with Crippen LogP contribution in [0.3, 0.4) is 0 Å². The summed E-state index contributed by atoms with van der Waals surface area (Å²) in [6.07, 6.45) is 1.73. The van der Waals surface area contributed by atoms with Crippen LogP contribution in [0.4, 0.5) is 4.39 Å². The maximum Gasteiger partial charge on any atom is 0.241 e. The van der Waals surface area contributed by atoms with Gasteiger partial charge < -0.3 is 15.0 Å². The number of amides is 2. The topological polar surface area (TPSA) is 105 Å². The molecule has 33 heavy (non-hydrogen) atoms. The van der Waals surface area contributed by atoms with Crippen molar-refractivity contribution in [2.45, 2.75) is 30.4 Å². The Balaban J connectivity index is 1.64. The molecule has 3 rings (SSSR count). The predicted molar refractivity (Wildman–Crippen MR) is 120 cm³/mol. The molecule has 1 fully saturated rings. The Morgan fingerprint density at radius 2 is 1.82 bits per heavy atom. The van der Waals surface area contributed by atoms with Crippen molar-refractivity contribution in [2.75, 3.05) is 26.2 Å². The second kappa shape index (κ2) is 11.6. The zero-order valence-corrected chi connectivity index (χ0v) is 19.4. The van der Waals surface area contributed by atoms with Crippen LogP contribution in [0.5, 0.6) is 0 Å². The highest BCUT2D eigenvalue weighted by atomic mass is 35.5. The van der Waals surface area contributed by atoms with Gasteiger partial charge in [-0.3, -0.25) is 9.59 Å². The lowest BCUT2D eigenvalue weighted by Gasteiger charge is -2.23. The van der Waals surface area contributed by atoms with Crippen molar-refractivity contribution >= 4 is 33.4 Å². The van der Waals surface area contributed by atoms with Crippen LogP contribution in [-0.2, 0) is 30.9 Å². The summed E-state index contributed by atoms with van der Waals surface area (Å²) in [6, 6.07) is 11.0. The molecule has 2 N–H and O–H groups in total. The van der Waals surface area contributed by atoms with Crippen LogP contribution in [-0.4, -0.2) is 57.5 Å².